The van der Waals surface area contributed by atoms with Crippen LogP contribution in [0.2, 0.25) is 13.1 Å². The van der Waals surface area contributed by atoms with E-state index in [-0.39, 0.29) is 0 Å². The Labute approximate surface area is 110 Å². The third kappa shape index (κ3) is 6.04. The zero-order valence-corrected chi connectivity index (χ0v) is 12.4. The highest BCUT2D eigenvalue weighted by Gasteiger charge is 2.21. The van der Waals surface area contributed by atoms with E-state index in [2.05, 4.69) is 0 Å². The maximum absolute atomic E-state index is 5.69. The normalized spacial score (nSPS) is 11.5. The first-order valence-electron chi connectivity index (χ1n) is 6.21. The summed E-state index contributed by atoms with van der Waals surface area (Å²) in [5.74, 6) is 0.822. The smallest absolute Gasteiger partial charge is 0.331 e. The van der Waals surface area contributed by atoms with Crippen LogP contribution in [-0.2, 0) is 8.85 Å². The molecule has 0 aliphatic rings. The highest BCUT2D eigenvalue weighted by Crippen LogP contribution is 2.14. The second kappa shape index (κ2) is 7.40. The molecule has 0 atom stereocenters. The van der Waals surface area contributed by atoms with Gasteiger partial charge in [-0.2, -0.15) is 0 Å². The molecule has 18 heavy (non-hydrogen) atoms. The fourth-order valence-electron chi connectivity index (χ4n) is 1.38. The lowest BCUT2D eigenvalue weighted by molar-refractivity contribution is 0.199. The van der Waals surface area contributed by atoms with Gasteiger partial charge in [0.2, 0.25) is 0 Å². The molecule has 0 heterocycles. The summed E-state index contributed by atoms with van der Waals surface area (Å²) in [7, 11) is -0.163. The molecule has 4 nitrogen and oxygen atoms in total. The molecule has 0 aliphatic carbocycles. The number of hydrogen-bond acceptors (Lipinski definition) is 4. The van der Waals surface area contributed by atoms with Crippen LogP contribution in [0.3, 0.4) is 0 Å². The van der Waals surface area contributed by atoms with Gasteiger partial charge in [0.15, 0.2) is 0 Å². The average molecular weight is 269 g/mol. The Bertz CT molecular complexity index is 358. The van der Waals surface area contributed by atoms with Crippen LogP contribution in [-0.4, -0.2) is 28.9 Å². The van der Waals surface area contributed by atoms with Crippen LogP contribution in [0.15, 0.2) is 24.3 Å². The van der Waals surface area contributed by atoms with E-state index in [0.717, 1.165) is 30.9 Å². The predicted octanol–water partition coefficient (Wildman–Crippen LogP) is 2.79. The molecule has 0 saturated carbocycles. The van der Waals surface area contributed by atoms with Crippen molar-refractivity contribution in [3.05, 3.63) is 24.3 Å². The largest absolute Gasteiger partial charge is 0.494 e. The third-order valence-corrected chi connectivity index (χ3v) is 4.49. The van der Waals surface area contributed by atoms with Crippen molar-refractivity contribution in [2.45, 2.75) is 25.9 Å². The number of unbranched alkanes of at least 4 members (excludes halogenated alkanes) is 1. The van der Waals surface area contributed by atoms with Gasteiger partial charge in [-0.25, -0.2) is 0 Å². The minimum Gasteiger partial charge on any atom is -0.494 e. The van der Waals surface area contributed by atoms with Crippen molar-refractivity contribution in [1.82, 2.24) is 0 Å². The zero-order valence-electron chi connectivity index (χ0n) is 11.4. The molecule has 0 radical (unpaired) electrons. The summed E-state index contributed by atoms with van der Waals surface area (Å²) >= 11 is 0. The average Bonchev–Trinajstić information content (AvgIpc) is 2.34. The van der Waals surface area contributed by atoms with Gasteiger partial charge in [0.05, 0.1) is 6.61 Å². The molecule has 0 fully saturated rings. The van der Waals surface area contributed by atoms with E-state index in [1.807, 2.05) is 37.4 Å². The van der Waals surface area contributed by atoms with E-state index in [0.29, 0.717) is 6.61 Å². The topological polar surface area (TPSA) is 53.7 Å². The van der Waals surface area contributed by atoms with E-state index in [1.165, 1.54) is 0 Å². The van der Waals surface area contributed by atoms with Crippen LogP contribution in [0.4, 0.5) is 5.69 Å². The van der Waals surface area contributed by atoms with Crippen molar-refractivity contribution in [1.29, 1.82) is 0 Å². The van der Waals surface area contributed by atoms with Gasteiger partial charge in [-0.05, 0) is 38.1 Å². The lowest BCUT2D eigenvalue weighted by atomic mass is 10.3. The Morgan fingerprint density at radius 3 is 2.56 bits per heavy atom. The molecule has 1 aromatic rings. The van der Waals surface area contributed by atoms with Gasteiger partial charge in [-0.1, -0.05) is 6.07 Å². The van der Waals surface area contributed by atoms with E-state index in [9.17, 15) is 0 Å². The Morgan fingerprint density at radius 2 is 1.89 bits per heavy atom. The van der Waals surface area contributed by atoms with Crippen molar-refractivity contribution in [2.24, 2.45) is 0 Å². The molecule has 0 unspecified atom stereocenters. The first-order valence-corrected chi connectivity index (χ1v) is 9.02. The molecule has 0 spiro atoms. The van der Waals surface area contributed by atoms with Gasteiger partial charge in [0.25, 0.3) is 0 Å². The summed E-state index contributed by atoms with van der Waals surface area (Å²) in [4.78, 5) is 0. The second-order valence-electron chi connectivity index (χ2n) is 4.58. The predicted molar refractivity (Wildman–Crippen MR) is 76.0 cm³/mol. The van der Waals surface area contributed by atoms with Gasteiger partial charge < -0.3 is 19.3 Å². The zero-order chi connectivity index (χ0) is 13.4. The Morgan fingerprint density at radius 1 is 1.17 bits per heavy atom. The number of benzene rings is 1. The fourth-order valence-corrected chi connectivity index (χ4v) is 2.13. The second-order valence-corrected chi connectivity index (χ2v) is 8.08. The SMILES string of the molecule is CO[Si](C)(C)OCCCCOc1cccc(N)c1. The van der Waals surface area contributed by atoms with Crippen molar-refractivity contribution >= 4 is 14.2 Å². The van der Waals surface area contributed by atoms with Crippen LogP contribution in [0.1, 0.15) is 12.8 Å². The van der Waals surface area contributed by atoms with Crippen LogP contribution < -0.4 is 10.5 Å². The maximum atomic E-state index is 5.69. The van der Waals surface area contributed by atoms with E-state index in [4.69, 9.17) is 19.3 Å². The molecule has 0 aromatic heterocycles. The quantitative estimate of drug-likeness (QED) is 0.448. The standard InChI is InChI=1S/C13H23NO3Si/c1-15-18(2,3)17-10-5-4-9-16-13-8-6-7-12(14)11-13/h6-8,11H,4-5,9-10,14H2,1-3H3. The van der Waals surface area contributed by atoms with Crippen LogP contribution in [0, 0.1) is 0 Å². The summed E-state index contributed by atoms with van der Waals surface area (Å²) in [5, 5.41) is 0. The molecule has 2 N–H and O–H groups in total. The van der Waals surface area contributed by atoms with Gasteiger partial charge in [-0.3, -0.25) is 0 Å². The van der Waals surface area contributed by atoms with Crippen LogP contribution >= 0.6 is 0 Å². The summed E-state index contributed by atoms with van der Waals surface area (Å²) in [6.45, 7) is 5.49. The van der Waals surface area contributed by atoms with Gasteiger partial charge >= 0.3 is 8.56 Å². The van der Waals surface area contributed by atoms with E-state index < -0.39 is 8.56 Å². The summed E-state index contributed by atoms with van der Waals surface area (Å²) < 4.78 is 16.6. The highest BCUT2D eigenvalue weighted by molar-refractivity contribution is 6.64. The molecule has 0 saturated heterocycles. The Hall–Kier alpha value is -1.04. The molecule has 1 rings (SSSR count). The molecule has 102 valence electrons. The number of nitrogens with two attached hydrogens (primary N) is 1. The first-order chi connectivity index (χ1) is 8.53. The number of nitrogen functional groups attached to an aromatic ring is 1. The highest BCUT2D eigenvalue weighted by atomic mass is 28.4. The van der Waals surface area contributed by atoms with Crippen molar-refractivity contribution in [2.75, 3.05) is 26.1 Å². The maximum Gasteiger partial charge on any atom is 0.331 e. The van der Waals surface area contributed by atoms with Crippen LogP contribution in [0.5, 0.6) is 5.75 Å². The summed E-state index contributed by atoms with van der Waals surface area (Å²) in [5.41, 5.74) is 6.39. The van der Waals surface area contributed by atoms with Crippen molar-refractivity contribution in [3.8, 4) is 5.75 Å². The number of ether oxygens (including phenoxy) is 1. The Kier molecular flexibility index (Phi) is 6.18. The van der Waals surface area contributed by atoms with Crippen molar-refractivity contribution in [3.63, 3.8) is 0 Å². The Balaban J connectivity index is 2.09. The minimum atomic E-state index is -1.87. The first kappa shape index (κ1) is 15.0. The molecule has 5 heteroatoms. The summed E-state index contributed by atoms with van der Waals surface area (Å²) in [6, 6.07) is 7.48. The van der Waals surface area contributed by atoms with Gasteiger partial charge in [0, 0.05) is 25.5 Å². The minimum absolute atomic E-state index is 0.682. The van der Waals surface area contributed by atoms with Crippen LogP contribution in [0.25, 0.3) is 0 Å². The fraction of sp³-hybridized carbons (Fsp3) is 0.538. The van der Waals surface area contributed by atoms with E-state index >= 15 is 0 Å². The van der Waals surface area contributed by atoms with Crippen molar-refractivity contribution < 1.29 is 13.6 Å². The molecular formula is C13H23NO3Si. The lowest BCUT2D eigenvalue weighted by Gasteiger charge is -2.19. The number of rotatable bonds is 8. The molecule has 1 aromatic carbocycles. The molecular weight excluding hydrogens is 246 g/mol. The third-order valence-electron chi connectivity index (χ3n) is 2.61. The lowest BCUT2D eigenvalue weighted by Crippen LogP contribution is -2.33. The monoisotopic (exact) mass is 269 g/mol. The summed E-state index contributed by atoms with van der Waals surface area (Å²) in [6.07, 6.45) is 1.94. The molecule has 0 bridgehead atoms. The number of anilines is 1. The van der Waals surface area contributed by atoms with E-state index in [1.54, 1.807) is 7.11 Å². The molecule has 0 aliphatic heterocycles. The number of hydrogen-bond donors (Lipinski definition) is 1. The van der Waals surface area contributed by atoms with Gasteiger partial charge in [0.1, 0.15) is 5.75 Å². The molecule has 0 amide bonds. The van der Waals surface area contributed by atoms with Gasteiger partial charge in [-0.15, -0.1) is 0 Å².